The van der Waals surface area contributed by atoms with E-state index in [0.29, 0.717) is 23.1 Å². The third kappa shape index (κ3) is 4.29. The molecule has 188 valence electrons. The lowest BCUT2D eigenvalue weighted by molar-refractivity contribution is -0.0510. The summed E-state index contributed by atoms with van der Waals surface area (Å²) in [6.45, 7) is 2.25. The summed E-state index contributed by atoms with van der Waals surface area (Å²) in [4.78, 5) is 14.3. The van der Waals surface area contributed by atoms with Crippen molar-refractivity contribution >= 4 is 11.7 Å². The number of unbranched alkanes of at least 4 members (excludes halogenated alkanes) is 1. The van der Waals surface area contributed by atoms with Crippen LogP contribution in [-0.4, -0.2) is 40.2 Å². The number of ether oxygens (including phenoxy) is 2. The van der Waals surface area contributed by atoms with E-state index in [9.17, 15) is 20.1 Å². The molecule has 3 aromatic rings. The van der Waals surface area contributed by atoms with Crippen molar-refractivity contribution in [3.05, 3.63) is 89.0 Å². The van der Waals surface area contributed by atoms with Gasteiger partial charge in [0.15, 0.2) is 6.23 Å². The fourth-order valence-corrected chi connectivity index (χ4v) is 5.24. The number of aliphatic hydroxyl groups is 1. The van der Waals surface area contributed by atoms with E-state index in [1.54, 1.807) is 36.4 Å². The highest BCUT2D eigenvalue weighted by atomic mass is 16.6. The minimum atomic E-state index is -1.31. The van der Waals surface area contributed by atoms with Crippen LogP contribution in [0, 0.1) is 0 Å². The number of rotatable bonds is 8. The van der Waals surface area contributed by atoms with Crippen LogP contribution in [0.4, 0.5) is 5.69 Å². The van der Waals surface area contributed by atoms with E-state index >= 15 is 0 Å². The molecule has 0 bridgehead atoms. The number of hydrogen-bond donors (Lipinski definition) is 3. The zero-order chi connectivity index (χ0) is 25.3. The van der Waals surface area contributed by atoms with Gasteiger partial charge in [0.2, 0.25) is 0 Å². The number of aromatic hydroxyl groups is 2. The van der Waals surface area contributed by atoms with Crippen LogP contribution in [0.25, 0.3) is 0 Å². The Morgan fingerprint density at radius 2 is 1.83 bits per heavy atom. The number of benzene rings is 3. The Labute approximate surface area is 210 Å². The average Bonchev–Trinajstić information content (AvgIpc) is 3.34. The third-order valence-corrected chi connectivity index (χ3v) is 7.11. The lowest BCUT2D eigenvalue weighted by Gasteiger charge is -2.30. The summed E-state index contributed by atoms with van der Waals surface area (Å²) in [5.41, 5.74) is 1.81. The van der Waals surface area contributed by atoms with Gasteiger partial charge < -0.3 is 29.7 Å². The summed E-state index contributed by atoms with van der Waals surface area (Å²) in [5, 5.41) is 33.3. The van der Waals surface area contributed by atoms with E-state index in [1.165, 1.54) is 0 Å². The number of aryl methyl sites for hydroxylation is 1. The molecule has 2 heterocycles. The number of carbonyl (C=O) groups excluding carboxylic acids is 1. The molecule has 2 aliphatic heterocycles. The van der Waals surface area contributed by atoms with E-state index < -0.39 is 23.9 Å². The van der Waals surface area contributed by atoms with E-state index in [0.717, 1.165) is 24.1 Å². The SMILES string of the molecule is CCCCc1ccc(O)c(CN2c3ccccc3C3(O)CC(COC(=O)c4ccccc4)OC23)c1O. The van der Waals surface area contributed by atoms with Crippen LogP contribution in [0.2, 0.25) is 0 Å². The Balaban J connectivity index is 1.39. The van der Waals surface area contributed by atoms with Gasteiger partial charge in [0.25, 0.3) is 0 Å². The van der Waals surface area contributed by atoms with Gasteiger partial charge in [0, 0.05) is 17.7 Å². The second-order valence-electron chi connectivity index (χ2n) is 9.52. The second-order valence-corrected chi connectivity index (χ2v) is 9.52. The predicted octanol–water partition coefficient (Wildman–Crippen LogP) is 4.62. The van der Waals surface area contributed by atoms with Crippen LogP contribution in [0.15, 0.2) is 66.7 Å². The lowest BCUT2D eigenvalue weighted by Crippen LogP contribution is -2.41. The number of carbonyl (C=O) groups is 1. The molecule has 3 aromatic carbocycles. The molecular formula is C29H31NO6. The highest BCUT2D eigenvalue weighted by Gasteiger charge is 2.57. The number of nitrogens with zero attached hydrogens (tertiary/aromatic N) is 1. The van der Waals surface area contributed by atoms with Gasteiger partial charge in [-0.1, -0.05) is 55.8 Å². The smallest absolute Gasteiger partial charge is 0.338 e. The van der Waals surface area contributed by atoms with Crippen molar-refractivity contribution in [1.29, 1.82) is 0 Å². The Hall–Kier alpha value is -3.55. The zero-order valence-electron chi connectivity index (χ0n) is 20.3. The molecule has 0 radical (unpaired) electrons. The maximum absolute atomic E-state index is 12.4. The average molecular weight is 490 g/mol. The van der Waals surface area contributed by atoms with Gasteiger partial charge in [-0.05, 0) is 42.7 Å². The maximum Gasteiger partial charge on any atom is 0.338 e. The minimum Gasteiger partial charge on any atom is -0.507 e. The van der Waals surface area contributed by atoms with Gasteiger partial charge in [-0.2, -0.15) is 0 Å². The van der Waals surface area contributed by atoms with E-state index in [4.69, 9.17) is 9.47 Å². The Kier molecular flexibility index (Phi) is 6.60. The first-order valence-corrected chi connectivity index (χ1v) is 12.4. The molecule has 1 fully saturated rings. The molecule has 7 heteroatoms. The van der Waals surface area contributed by atoms with Gasteiger partial charge in [-0.25, -0.2) is 4.79 Å². The quantitative estimate of drug-likeness (QED) is 0.397. The molecule has 0 saturated carbocycles. The van der Waals surface area contributed by atoms with Gasteiger partial charge in [0.1, 0.15) is 23.7 Å². The molecule has 36 heavy (non-hydrogen) atoms. The monoisotopic (exact) mass is 489 g/mol. The summed E-state index contributed by atoms with van der Waals surface area (Å²) in [6.07, 6.45) is 1.62. The van der Waals surface area contributed by atoms with Crippen LogP contribution in [0.5, 0.6) is 11.5 Å². The third-order valence-electron chi connectivity index (χ3n) is 7.11. The molecule has 0 aliphatic carbocycles. The van der Waals surface area contributed by atoms with Crippen LogP contribution in [-0.2, 0) is 28.0 Å². The van der Waals surface area contributed by atoms with Gasteiger partial charge in [-0.3, -0.25) is 0 Å². The maximum atomic E-state index is 12.4. The number of esters is 1. The highest BCUT2D eigenvalue weighted by molar-refractivity contribution is 5.89. The van der Waals surface area contributed by atoms with E-state index in [2.05, 4.69) is 6.92 Å². The zero-order valence-corrected chi connectivity index (χ0v) is 20.3. The normalized spacial score (nSPS) is 22.3. The molecule has 0 spiro atoms. The largest absolute Gasteiger partial charge is 0.507 e. The summed E-state index contributed by atoms with van der Waals surface area (Å²) < 4.78 is 11.7. The topological polar surface area (TPSA) is 99.5 Å². The van der Waals surface area contributed by atoms with Gasteiger partial charge >= 0.3 is 5.97 Å². The number of phenolic OH excluding ortho intramolecular Hbond substituents is 2. The van der Waals surface area contributed by atoms with Crippen molar-refractivity contribution in [2.24, 2.45) is 0 Å². The molecule has 5 rings (SSSR count). The number of fused-ring (bicyclic) bond motifs is 3. The van der Waals surface area contributed by atoms with Crippen LogP contribution in [0.1, 0.15) is 53.2 Å². The Morgan fingerprint density at radius 1 is 1.08 bits per heavy atom. The molecule has 2 aliphatic rings. The lowest BCUT2D eigenvalue weighted by atomic mass is 9.91. The predicted molar refractivity (Wildman–Crippen MR) is 135 cm³/mol. The second kappa shape index (κ2) is 9.84. The highest BCUT2D eigenvalue weighted by Crippen LogP contribution is 2.52. The summed E-state index contributed by atoms with van der Waals surface area (Å²) in [7, 11) is 0. The fraction of sp³-hybridized carbons (Fsp3) is 0.345. The van der Waals surface area contributed by atoms with Crippen LogP contribution < -0.4 is 4.90 Å². The standard InChI is InChI=1S/C29H31NO6/c1-2-3-9-19-14-15-25(31)22(26(19)32)17-30-24-13-8-7-12-23(24)29(34)16-21(36-28(29)30)18-35-27(33)20-10-5-4-6-11-20/h4-8,10-15,21,28,31-32,34H,2-3,9,16-18H2,1H3. The molecule has 0 amide bonds. The van der Waals surface area contributed by atoms with Gasteiger partial charge in [0.05, 0.1) is 23.8 Å². The molecule has 3 atom stereocenters. The first-order chi connectivity index (χ1) is 17.4. The van der Waals surface area contributed by atoms with E-state index in [1.807, 2.05) is 35.2 Å². The number of anilines is 1. The van der Waals surface area contributed by atoms with Crippen LogP contribution in [0.3, 0.4) is 0 Å². The number of hydrogen-bond acceptors (Lipinski definition) is 7. The van der Waals surface area contributed by atoms with Crippen molar-refractivity contribution in [3.63, 3.8) is 0 Å². The molecule has 3 N–H and O–H groups in total. The molecule has 7 nitrogen and oxygen atoms in total. The van der Waals surface area contributed by atoms with Crippen LogP contribution >= 0.6 is 0 Å². The summed E-state index contributed by atoms with van der Waals surface area (Å²) in [6, 6.07) is 19.6. The number of phenols is 2. The van der Waals surface area contributed by atoms with Crippen molar-refractivity contribution in [3.8, 4) is 11.5 Å². The van der Waals surface area contributed by atoms with E-state index in [-0.39, 0.29) is 31.1 Å². The first-order valence-electron chi connectivity index (χ1n) is 12.4. The Morgan fingerprint density at radius 3 is 2.61 bits per heavy atom. The molecule has 0 aromatic heterocycles. The minimum absolute atomic E-state index is 0.00550. The van der Waals surface area contributed by atoms with Crippen molar-refractivity contribution < 1.29 is 29.6 Å². The summed E-state index contributed by atoms with van der Waals surface area (Å²) in [5.74, 6) is -0.381. The first kappa shape index (κ1) is 24.2. The Bertz CT molecular complexity index is 1250. The van der Waals surface area contributed by atoms with Crippen molar-refractivity contribution in [1.82, 2.24) is 0 Å². The number of para-hydroxylation sites is 1. The van der Waals surface area contributed by atoms with Crippen molar-refractivity contribution in [2.75, 3.05) is 11.5 Å². The molecular weight excluding hydrogens is 458 g/mol. The van der Waals surface area contributed by atoms with Gasteiger partial charge in [-0.15, -0.1) is 0 Å². The molecule has 3 unspecified atom stereocenters. The molecule has 1 saturated heterocycles. The van der Waals surface area contributed by atoms with Crippen molar-refractivity contribution in [2.45, 2.75) is 57.1 Å². The summed E-state index contributed by atoms with van der Waals surface area (Å²) >= 11 is 0. The fourth-order valence-electron chi connectivity index (χ4n) is 5.24.